The van der Waals surface area contributed by atoms with Gasteiger partial charge in [0.1, 0.15) is 11.6 Å². The van der Waals surface area contributed by atoms with Gasteiger partial charge < -0.3 is 4.98 Å². The molecule has 1 heterocycles. The molecule has 3 nitrogen and oxygen atoms in total. The van der Waals surface area contributed by atoms with Crippen LogP contribution in [0.1, 0.15) is 23.2 Å². The third-order valence-corrected chi connectivity index (χ3v) is 1.69. The predicted molar refractivity (Wildman–Crippen MR) is 41.7 cm³/mol. The number of rotatable bonds is 1. The highest BCUT2D eigenvalue weighted by Crippen LogP contribution is 2.30. The van der Waals surface area contributed by atoms with Gasteiger partial charge in [-0.25, -0.2) is 8.78 Å². The van der Waals surface area contributed by atoms with Crippen molar-refractivity contribution < 1.29 is 22.0 Å². The summed E-state index contributed by atoms with van der Waals surface area (Å²) in [7, 11) is 0. The number of nitriles is 1. The van der Waals surface area contributed by atoms with Gasteiger partial charge >= 0.3 is 6.18 Å². The van der Waals surface area contributed by atoms with Gasteiger partial charge in [0.2, 0.25) is 0 Å². The van der Waals surface area contributed by atoms with Crippen LogP contribution in [-0.2, 0) is 6.18 Å². The van der Waals surface area contributed by atoms with Crippen LogP contribution in [0, 0.1) is 11.3 Å². The van der Waals surface area contributed by atoms with E-state index >= 15 is 0 Å². The van der Waals surface area contributed by atoms with Crippen LogP contribution in [0.2, 0.25) is 0 Å². The number of nitrogens with zero attached hydrogens (tertiary/aromatic N) is 1. The molecule has 1 aromatic rings. The summed E-state index contributed by atoms with van der Waals surface area (Å²) in [6.07, 6.45) is -8.21. The van der Waals surface area contributed by atoms with Crippen molar-refractivity contribution in [2.24, 2.45) is 0 Å². The molecule has 0 aliphatic heterocycles. The van der Waals surface area contributed by atoms with Crippen molar-refractivity contribution in [3.8, 4) is 6.07 Å². The van der Waals surface area contributed by atoms with Crippen molar-refractivity contribution in [2.75, 3.05) is 0 Å². The van der Waals surface area contributed by atoms with Crippen molar-refractivity contribution in [3.63, 3.8) is 0 Å². The maximum Gasteiger partial charge on any atom is 0.422 e. The summed E-state index contributed by atoms with van der Waals surface area (Å²) >= 11 is 0. The molecular weight excluding hydrogens is 235 g/mol. The van der Waals surface area contributed by atoms with Gasteiger partial charge in [0, 0.05) is 0 Å². The molecule has 0 amide bonds. The van der Waals surface area contributed by atoms with E-state index in [1.165, 1.54) is 4.98 Å². The average Bonchev–Trinajstić information content (AvgIpc) is 2.14. The van der Waals surface area contributed by atoms with Gasteiger partial charge in [-0.05, 0) is 6.07 Å². The predicted octanol–water partition coefficient (Wildman–Crippen LogP) is 2.20. The standard InChI is InChI=1S/C8H3F5N2O/c9-6(10)4-1-3(2-14)5(7(16)15-4)8(11,12)13/h1,6H,(H,15,16). The van der Waals surface area contributed by atoms with Crippen molar-refractivity contribution in [1.29, 1.82) is 5.26 Å². The van der Waals surface area contributed by atoms with Crippen LogP contribution in [0.3, 0.4) is 0 Å². The molecule has 0 atom stereocenters. The second kappa shape index (κ2) is 3.92. The molecule has 0 unspecified atom stereocenters. The molecule has 0 aliphatic rings. The number of alkyl halides is 5. The highest BCUT2D eigenvalue weighted by Gasteiger charge is 2.37. The highest BCUT2D eigenvalue weighted by molar-refractivity contribution is 5.39. The third-order valence-electron chi connectivity index (χ3n) is 1.69. The zero-order valence-electron chi connectivity index (χ0n) is 7.40. The Morgan fingerprint density at radius 1 is 1.38 bits per heavy atom. The maximum absolute atomic E-state index is 12.3. The summed E-state index contributed by atoms with van der Waals surface area (Å²) in [6.45, 7) is 0. The van der Waals surface area contributed by atoms with Gasteiger partial charge in [-0.1, -0.05) is 0 Å². The van der Waals surface area contributed by atoms with Crippen molar-refractivity contribution >= 4 is 0 Å². The minimum absolute atomic E-state index is 0.314. The lowest BCUT2D eigenvalue weighted by Crippen LogP contribution is -2.24. The molecule has 1 N–H and O–H groups in total. The topological polar surface area (TPSA) is 56.6 Å². The first kappa shape index (κ1) is 12.2. The molecule has 16 heavy (non-hydrogen) atoms. The van der Waals surface area contributed by atoms with E-state index in [-0.39, 0.29) is 0 Å². The summed E-state index contributed by atoms with van der Waals surface area (Å²) in [4.78, 5) is 12.3. The fraction of sp³-hybridized carbons (Fsp3) is 0.250. The fourth-order valence-electron chi connectivity index (χ4n) is 1.07. The van der Waals surface area contributed by atoms with E-state index in [2.05, 4.69) is 0 Å². The van der Waals surface area contributed by atoms with Crippen molar-refractivity contribution in [2.45, 2.75) is 12.6 Å². The summed E-state index contributed by atoms with van der Waals surface area (Å²) < 4.78 is 61.1. The third kappa shape index (κ3) is 2.18. The molecule has 0 aliphatic carbocycles. The number of aromatic nitrogens is 1. The second-order valence-electron chi connectivity index (χ2n) is 2.75. The first-order valence-corrected chi connectivity index (χ1v) is 3.80. The van der Waals surface area contributed by atoms with E-state index in [1.54, 1.807) is 0 Å². The van der Waals surface area contributed by atoms with E-state index in [9.17, 15) is 26.7 Å². The molecule has 1 aromatic heterocycles. The van der Waals surface area contributed by atoms with Crippen LogP contribution >= 0.6 is 0 Å². The molecule has 0 saturated carbocycles. The van der Waals surface area contributed by atoms with Crippen molar-refractivity contribution in [3.05, 3.63) is 33.2 Å². The maximum atomic E-state index is 12.3. The average molecular weight is 238 g/mol. The number of halogens is 5. The van der Waals surface area contributed by atoms with E-state index in [0.29, 0.717) is 6.07 Å². The monoisotopic (exact) mass is 238 g/mol. The number of pyridine rings is 1. The zero-order chi connectivity index (χ0) is 12.5. The largest absolute Gasteiger partial charge is 0.422 e. The van der Waals surface area contributed by atoms with Crippen LogP contribution in [0.15, 0.2) is 10.9 Å². The fourth-order valence-corrected chi connectivity index (χ4v) is 1.07. The first-order valence-electron chi connectivity index (χ1n) is 3.80. The zero-order valence-corrected chi connectivity index (χ0v) is 7.40. The Kier molecular flexibility index (Phi) is 2.98. The summed E-state index contributed by atoms with van der Waals surface area (Å²) in [5.74, 6) is 0. The Balaban J connectivity index is 3.56. The first-order chi connectivity index (χ1) is 7.27. The normalized spacial score (nSPS) is 11.6. The highest BCUT2D eigenvalue weighted by atomic mass is 19.4. The molecule has 8 heteroatoms. The van der Waals surface area contributed by atoms with E-state index < -0.39 is 35.0 Å². The molecule has 0 bridgehead atoms. The van der Waals surface area contributed by atoms with Crippen molar-refractivity contribution in [1.82, 2.24) is 4.98 Å². The summed E-state index contributed by atoms with van der Waals surface area (Å²) in [5.41, 5.74) is -5.65. The minimum atomic E-state index is -5.06. The van der Waals surface area contributed by atoms with Crippen LogP contribution in [0.5, 0.6) is 0 Å². The lowest BCUT2D eigenvalue weighted by atomic mass is 10.1. The molecule has 1 rings (SSSR count). The summed E-state index contributed by atoms with van der Waals surface area (Å²) in [6, 6.07) is 1.38. The smallest absolute Gasteiger partial charge is 0.320 e. The van der Waals surface area contributed by atoms with E-state index in [0.717, 1.165) is 6.07 Å². The SMILES string of the molecule is N#Cc1cc(C(F)F)[nH]c(=O)c1C(F)(F)F. The lowest BCUT2D eigenvalue weighted by molar-refractivity contribution is -0.139. The Hall–Kier alpha value is -1.91. The van der Waals surface area contributed by atoms with Crippen LogP contribution in [-0.4, -0.2) is 4.98 Å². The quantitative estimate of drug-likeness (QED) is 0.762. The molecule has 0 spiro atoms. The Morgan fingerprint density at radius 3 is 2.31 bits per heavy atom. The molecule has 0 saturated heterocycles. The van der Waals surface area contributed by atoms with Crippen LogP contribution < -0.4 is 5.56 Å². The Bertz CT molecular complexity index is 497. The number of aromatic amines is 1. The Morgan fingerprint density at radius 2 is 1.94 bits per heavy atom. The molecule has 86 valence electrons. The number of nitrogens with one attached hydrogen (secondary N) is 1. The minimum Gasteiger partial charge on any atom is -0.320 e. The molecule has 0 aromatic carbocycles. The summed E-state index contributed by atoms with van der Waals surface area (Å²) in [5, 5.41) is 8.36. The van der Waals surface area contributed by atoms with Gasteiger partial charge in [0.15, 0.2) is 0 Å². The van der Waals surface area contributed by atoms with Gasteiger partial charge in [0.25, 0.3) is 12.0 Å². The van der Waals surface area contributed by atoms with Gasteiger partial charge in [-0.15, -0.1) is 0 Å². The van der Waals surface area contributed by atoms with E-state index in [4.69, 9.17) is 5.26 Å². The number of H-pyrrole nitrogens is 1. The number of hydrogen-bond donors (Lipinski definition) is 1. The van der Waals surface area contributed by atoms with Gasteiger partial charge in [-0.3, -0.25) is 4.79 Å². The van der Waals surface area contributed by atoms with Crippen LogP contribution in [0.25, 0.3) is 0 Å². The van der Waals surface area contributed by atoms with E-state index in [1.807, 2.05) is 0 Å². The van der Waals surface area contributed by atoms with Gasteiger partial charge in [-0.2, -0.15) is 18.4 Å². The van der Waals surface area contributed by atoms with Crippen LogP contribution in [0.4, 0.5) is 22.0 Å². The molecular formula is C8H3F5N2O. The van der Waals surface area contributed by atoms with Gasteiger partial charge in [0.05, 0.1) is 11.3 Å². The Labute approximate surface area is 85.1 Å². The second-order valence-corrected chi connectivity index (χ2v) is 2.75. The molecule has 0 fully saturated rings. The lowest BCUT2D eigenvalue weighted by Gasteiger charge is -2.08. The number of hydrogen-bond acceptors (Lipinski definition) is 2. The molecule has 0 radical (unpaired) electrons.